The number of nitrogens with one attached hydrogen (secondary N) is 2. The topological polar surface area (TPSA) is 78.1 Å². The van der Waals surface area contributed by atoms with Crippen molar-refractivity contribution in [2.75, 3.05) is 20.6 Å². The summed E-state index contributed by atoms with van der Waals surface area (Å²) in [7, 11) is 3.98. The van der Waals surface area contributed by atoms with Gasteiger partial charge in [-0.1, -0.05) is 18.2 Å². The first-order valence-corrected chi connectivity index (χ1v) is 6.92. The second-order valence-electron chi connectivity index (χ2n) is 5.41. The number of H-pyrrole nitrogens is 1. The Morgan fingerprint density at radius 2 is 2.00 bits per heavy atom. The van der Waals surface area contributed by atoms with E-state index < -0.39 is 0 Å². The van der Waals surface area contributed by atoms with E-state index in [0.717, 1.165) is 13.0 Å². The summed E-state index contributed by atoms with van der Waals surface area (Å²) in [4.78, 5) is 26.1. The predicted molar refractivity (Wildman–Crippen MR) is 82.5 cm³/mol. The maximum absolute atomic E-state index is 12.3. The van der Waals surface area contributed by atoms with Gasteiger partial charge in [0.25, 0.3) is 11.5 Å². The van der Waals surface area contributed by atoms with E-state index in [1.807, 2.05) is 21.0 Å². The quantitative estimate of drug-likeness (QED) is 0.860. The minimum absolute atomic E-state index is 0.0346. The fourth-order valence-electron chi connectivity index (χ4n) is 2.10. The lowest BCUT2D eigenvalue weighted by molar-refractivity contribution is 0.0932. The van der Waals surface area contributed by atoms with Crippen molar-refractivity contribution in [3.63, 3.8) is 0 Å². The highest BCUT2D eigenvalue weighted by Gasteiger charge is 2.15. The van der Waals surface area contributed by atoms with Crippen LogP contribution in [0.1, 0.15) is 23.8 Å². The zero-order valence-electron chi connectivity index (χ0n) is 12.5. The van der Waals surface area contributed by atoms with Crippen molar-refractivity contribution >= 4 is 16.7 Å². The molecule has 0 saturated carbocycles. The Kier molecular flexibility index (Phi) is 4.70. The molecular formula is C15H20N4O2. The second kappa shape index (κ2) is 6.49. The Morgan fingerprint density at radius 1 is 1.33 bits per heavy atom. The summed E-state index contributed by atoms with van der Waals surface area (Å²) in [6.45, 7) is 2.84. The van der Waals surface area contributed by atoms with Gasteiger partial charge in [0.1, 0.15) is 0 Å². The fourth-order valence-corrected chi connectivity index (χ4v) is 2.10. The first kappa shape index (κ1) is 15.2. The van der Waals surface area contributed by atoms with Crippen LogP contribution in [0.15, 0.2) is 29.1 Å². The first-order chi connectivity index (χ1) is 9.99. The van der Waals surface area contributed by atoms with Gasteiger partial charge in [-0.2, -0.15) is 5.10 Å². The van der Waals surface area contributed by atoms with E-state index >= 15 is 0 Å². The van der Waals surface area contributed by atoms with Gasteiger partial charge in [0.05, 0.1) is 5.39 Å². The number of nitrogens with zero attached hydrogens (tertiary/aromatic N) is 2. The molecule has 1 unspecified atom stereocenters. The molecule has 0 radical (unpaired) electrons. The maximum Gasteiger partial charge on any atom is 0.272 e. The van der Waals surface area contributed by atoms with E-state index in [2.05, 4.69) is 20.4 Å². The molecule has 0 fully saturated rings. The molecule has 0 aliphatic heterocycles. The Balaban J connectivity index is 2.20. The molecule has 0 spiro atoms. The van der Waals surface area contributed by atoms with Crippen LogP contribution in [0.25, 0.3) is 10.8 Å². The predicted octanol–water partition coefficient (Wildman–Crippen LogP) is 0.993. The van der Waals surface area contributed by atoms with Crippen LogP contribution in [-0.2, 0) is 0 Å². The van der Waals surface area contributed by atoms with E-state index in [0.29, 0.717) is 10.8 Å². The normalized spacial score (nSPS) is 12.6. The summed E-state index contributed by atoms with van der Waals surface area (Å²) in [5.74, 6) is -0.270. The molecule has 2 N–H and O–H groups in total. The van der Waals surface area contributed by atoms with E-state index in [9.17, 15) is 9.59 Å². The van der Waals surface area contributed by atoms with Crippen molar-refractivity contribution in [1.82, 2.24) is 20.4 Å². The Morgan fingerprint density at radius 3 is 2.67 bits per heavy atom. The van der Waals surface area contributed by atoms with Crippen LogP contribution in [0.3, 0.4) is 0 Å². The molecule has 1 aromatic carbocycles. The largest absolute Gasteiger partial charge is 0.348 e. The minimum Gasteiger partial charge on any atom is -0.348 e. The van der Waals surface area contributed by atoms with Gasteiger partial charge in [-0.3, -0.25) is 9.59 Å². The monoisotopic (exact) mass is 288 g/mol. The molecule has 0 aliphatic rings. The number of hydrogen-bond acceptors (Lipinski definition) is 4. The Bertz CT molecular complexity index is 693. The van der Waals surface area contributed by atoms with Gasteiger partial charge in [0.2, 0.25) is 0 Å². The third-order valence-electron chi connectivity index (χ3n) is 3.30. The van der Waals surface area contributed by atoms with Crippen LogP contribution in [-0.4, -0.2) is 47.7 Å². The molecule has 6 nitrogen and oxygen atoms in total. The highest BCUT2D eigenvalue weighted by molar-refractivity contribution is 6.04. The molecule has 1 atom stereocenters. The Hall–Kier alpha value is -2.21. The lowest BCUT2D eigenvalue weighted by Gasteiger charge is -2.16. The van der Waals surface area contributed by atoms with Crippen LogP contribution >= 0.6 is 0 Å². The van der Waals surface area contributed by atoms with Gasteiger partial charge in [0.15, 0.2) is 5.69 Å². The molecule has 6 heteroatoms. The van der Waals surface area contributed by atoms with Crippen LogP contribution in [0.5, 0.6) is 0 Å². The summed E-state index contributed by atoms with van der Waals surface area (Å²) in [6, 6.07) is 7.00. The summed E-state index contributed by atoms with van der Waals surface area (Å²) in [6.07, 6.45) is 0.847. The first-order valence-electron chi connectivity index (χ1n) is 6.92. The van der Waals surface area contributed by atoms with Crippen LogP contribution in [0, 0.1) is 0 Å². The number of aromatic nitrogens is 2. The fraction of sp³-hybridized carbons (Fsp3) is 0.400. The summed E-state index contributed by atoms with van der Waals surface area (Å²) in [5, 5.41) is 10.2. The lowest BCUT2D eigenvalue weighted by Crippen LogP contribution is -2.35. The number of fused-ring (bicyclic) bond motifs is 1. The molecule has 0 bridgehead atoms. The molecule has 0 saturated heterocycles. The molecular weight excluding hydrogens is 268 g/mol. The molecule has 2 aromatic rings. The number of aromatic amines is 1. The summed E-state index contributed by atoms with van der Waals surface area (Å²) >= 11 is 0. The smallest absolute Gasteiger partial charge is 0.272 e. The highest BCUT2D eigenvalue weighted by atomic mass is 16.2. The average Bonchev–Trinajstić information content (AvgIpc) is 2.45. The SMILES string of the molecule is CC(CCN(C)C)NC(=O)c1n[nH]c(=O)c2ccccc12. The number of carbonyl (C=O) groups excluding carboxylic acids is 1. The van der Waals surface area contributed by atoms with Gasteiger partial charge in [-0.15, -0.1) is 0 Å². The van der Waals surface area contributed by atoms with Gasteiger partial charge < -0.3 is 10.2 Å². The van der Waals surface area contributed by atoms with Gasteiger partial charge >= 0.3 is 0 Å². The molecule has 21 heavy (non-hydrogen) atoms. The number of benzene rings is 1. The minimum atomic E-state index is -0.289. The van der Waals surface area contributed by atoms with Gasteiger partial charge in [-0.25, -0.2) is 5.10 Å². The van der Waals surface area contributed by atoms with Gasteiger partial charge in [0, 0.05) is 11.4 Å². The van der Waals surface area contributed by atoms with Crippen molar-refractivity contribution in [2.24, 2.45) is 0 Å². The lowest BCUT2D eigenvalue weighted by atomic mass is 10.1. The van der Waals surface area contributed by atoms with E-state index in [1.54, 1.807) is 24.3 Å². The van der Waals surface area contributed by atoms with Crippen molar-refractivity contribution in [1.29, 1.82) is 0 Å². The third-order valence-corrected chi connectivity index (χ3v) is 3.30. The van der Waals surface area contributed by atoms with Crippen LogP contribution in [0.2, 0.25) is 0 Å². The summed E-state index contributed by atoms with van der Waals surface area (Å²) < 4.78 is 0. The van der Waals surface area contributed by atoms with Crippen molar-refractivity contribution in [3.05, 3.63) is 40.3 Å². The maximum atomic E-state index is 12.3. The zero-order chi connectivity index (χ0) is 15.4. The molecule has 2 rings (SSSR count). The van der Waals surface area contributed by atoms with Crippen molar-refractivity contribution in [3.8, 4) is 0 Å². The molecule has 1 aromatic heterocycles. The van der Waals surface area contributed by atoms with Crippen LogP contribution < -0.4 is 10.9 Å². The number of rotatable bonds is 5. The number of carbonyl (C=O) groups is 1. The molecule has 1 amide bonds. The molecule has 0 aliphatic carbocycles. The van der Waals surface area contributed by atoms with Crippen molar-refractivity contribution in [2.45, 2.75) is 19.4 Å². The van der Waals surface area contributed by atoms with E-state index in [-0.39, 0.29) is 23.2 Å². The van der Waals surface area contributed by atoms with Gasteiger partial charge in [-0.05, 0) is 40.1 Å². The second-order valence-corrected chi connectivity index (χ2v) is 5.41. The van der Waals surface area contributed by atoms with Crippen LogP contribution in [0.4, 0.5) is 0 Å². The van der Waals surface area contributed by atoms with Crippen molar-refractivity contribution < 1.29 is 4.79 Å². The molecule has 112 valence electrons. The number of amides is 1. The standard InChI is InChI=1S/C15H20N4O2/c1-10(8-9-19(2)3)16-15(21)13-11-6-4-5-7-12(11)14(20)18-17-13/h4-7,10H,8-9H2,1-3H3,(H,16,21)(H,18,20). The third kappa shape index (κ3) is 3.66. The highest BCUT2D eigenvalue weighted by Crippen LogP contribution is 2.12. The average molecular weight is 288 g/mol. The molecule has 1 heterocycles. The van der Waals surface area contributed by atoms with E-state index in [4.69, 9.17) is 0 Å². The zero-order valence-corrected chi connectivity index (χ0v) is 12.5. The van der Waals surface area contributed by atoms with E-state index in [1.165, 1.54) is 0 Å². The summed E-state index contributed by atoms with van der Waals surface area (Å²) in [5.41, 5.74) is -0.0373. The Labute approximate surface area is 123 Å². The number of hydrogen-bond donors (Lipinski definition) is 2.